The number of benzene rings is 5. The maximum atomic E-state index is 6.39. The van der Waals surface area contributed by atoms with Gasteiger partial charge in [-0.1, -0.05) is 121 Å². The van der Waals surface area contributed by atoms with Crippen LogP contribution >= 0.6 is 0 Å². The lowest BCUT2D eigenvalue weighted by Crippen LogP contribution is -2.50. The van der Waals surface area contributed by atoms with E-state index in [2.05, 4.69) is 122 Å². The summed E-state index contributed by atoms with van der Waals surface area (Å²) in [5.74, 6) is 3.07. The van der Waals surface area contributed by atoms with E-state index < -0.39 is 5.41 Å². The van der Waals surface area contributed by atoms with Gasteiger partial charge in [0.15, 0.2) is 17.5 Å². The highest BCUT2D eigenvalue weighted by Crippen LogP contribution is 2.63. The molecule has 46 heavy (non-hydrogen) atoms. The average molecular weight is 592 g/mol. The average Bonchev–Trinajstić information content (AvgIpc) is 3.50. The molecule has 5 aromatic carbocycles. The van der Waals surface area contributed by atoms with E-state index in [-0.39, 0.29) is 5.41 Å². The number of allylic oxidation sites excluding steroid dienone is 1. The van der Waals surface area contributed by atoms with E-state index >= 15 is 0 Å². The zero-order chi connectivity index (χ0) is 30.5. The van der Waals surface area contributed by atoms with Gasteiger partial charge in [0.05, 0.1) is 0 Å². The molecule has 0 unspecified atom stereocenters. The monoisotopic (exact) mass is 591 g/mol. The van der Waals surface area contributed by atoms with Crippen LogP contribution in [-0.4, -0.2) is 15.0 Å². The number of fused-ring (bicyclic) bond motifs is 3. The Hall–Kier alpha value is -5.61. The van der Waals surface area contributed by atoms with Crippen LogP contribution in [-0.2, 0) is 17.3 Å². The summed E-state index contributed by atoms with van der Waals surface area (Å²) in [6.45, 7) is 2.37. The third-order valence-corrected chi connectivity index (χ3v) is 10.5. The Morgan fingerprint density at radius 3 is 1.78 bits per heavy atom. The maximum absolute atomic E-state index is 6.39. The normalized spacial score (nSPS) is 20.2. The lowest BCUT2D eigenvalue weighted by molar-refractivity contribution is 0.514. The number of hydrogen-bond donors (Lipinski definition) is 0. The summed E-state index contributed by atoms with van der Waals surface area (Å²) in [7, 11) is 0. The predicted molar refractivity (Wildman–Crippen MR) is 182 cm³/mol. The van der Waals surface area contributed by atoms with Gasteiger partial charge < -0.3 is 4.42 Å². The zero-order valence-corrected chi connectivity index (χ0v) is 25.4. The lowest BCUT2D eigenvalue weighted by Gasteiger charge is -2.54. The Labute approximate surface area is 267 Å². The molecule has 0 atom stereocenters. The highest BCUT2D eigenvalue weighted by molar-refractivity contribution is 5.91. The Balaban J connectivity index is 1.31. The minimum Gasteiger partial charge on any atom is -0.460 e. The van der Waals surface area contributed by atoms with Crippen molar-refractivity contribution in [3.8, 4) is 22.8 Å². The molecule has 2 heterocycles. The van der Waals surface area contributed by atoms with Gasteiger partial charge in [0, 0.05) is 33.9 Å². The smallest absolute Gasteiger partial charge is 0.163 e. The van der Waals surface area contributed by atoms with Crippen LogP contribution in [0.2, 0.25) is 0 Å². The first-order chi connectivity index (χ1) is 22.7. The maximum Gasteiger partial charge on any atom is 0.163 e. The molecule has 0 fully saturated rings. The molecular formula is C42H29N3O. The largest absolute Gasteiger partial charge is 0.460 e. The van der Waals surface area contributed by atoms with Crippen LogP contribution in [0.5, 0.6) is 0 Å². The van der Waals surface area contributed by atoms with E-state index in [4.69, 9.17) is 19.4 Å². The SMILES string of the molecule is CC12c3ccccc3C(c3nc(-c4ccccc4)nc(-c4ccc5c6c(oc5c4)CCC=C6)n3)(c3ccccc31)c1ccccc12. The van der Waals surface area contributed by atoms with Crippen molar-refractivity contribution in [3.05, 3.63) is 178 Å². The van der Waals surface area contributed by atoms with Crippen LogP contribution in [0.25, 0.3) is 39.8 Å². The molecule has 0 spiro atoms. The van der Waals surface area contributed by atoms with Gasteiger partial charge in [0.25, 0.3) is 0 Å². The third kappa shape index (κ3) is 3.21. The summed E-state index contributed by atoms with van der Waals surface area (Å²) < 4.78 is 6.39. The predicted octanol–water partition coefficient (Wildman–Crippen LogP) is 9.27. The summed E-state index contributed by atoms with van der Waals surface area (Å²) in [5, 5.41) is 1.13. The molecule has 4 aliphatic rings. The number of furan rings is 1. The van der Waals surface area contributed by atoms with Gasteiger partial charge >= 0.3 is 0 Å². The summed E-state index contributed by atoms with van der Waals surface area (Å²) in [6, 6.07) is 43.2. The summed E-state index contributed by atoms with van der Waals surface area (Å²) >= 11 is 0. The second kappa shape index (κ2) is 9.21. The summed E-state index contributed by atoms with van der Waals surface area (Å²) in [4.78, 5) is 16.0. The highest BCUT2D eigenvalue weighted by Gasteiger charge is 2.59. The van der Waals surface area contributed by atoms with E-state index in [9.17, 15) is 0 Å². The van der Waals surface area contributed by atoms with Gasteiger partial charge in [-0.15, -0.1) is 0 Å². The van der Waals surface area contributed by atoms with Crippen molar-refractivity contribution >= 4 is 17.0 Å². The second-order valence-corrected chi connectivity index (χ2v) is 12.8. The number of nitrogens with zero attached hydrogens (tertiary/aromatic N) is 3. The van der Waals surface area contributed by atoms with Gasteiger partial charge in [0.1, 0.15) is 16.8 Å². The van der Waals surface area contributed by atoms with Crippen LogP contribution < -0.4 is 0 Å². The van der Waals surface area contributed by atoms with E-state index in [1.54, 1.807) is 0 Å². The van der Waals surface area contributed by atoms with Gasteiger partial charge in [-0.3, -0.25) is 0 Å². The first-order valence-corrected chi connectivity index (χ1v) is 16.0. The molecule has 218 valence electrons. The molecule has 0 radical (unpaired) electrons. The van der Waals surface area contributed by atoms with E-state index in [0.29, 0.717) is 11.6 Å². The fourth-order valence-corrected chi connectivity index (χ4v) is 8.45. The van der Waals surface area contributed by atoms with Crippen molar-refractivity contribution < 1.29 is 4.42 Å². The van der Waals surface area contributed by atoms with Gasteiger partial charge in [-0.05, 0) is 58.9 Å². The van der Waals surface area contributed by atoms with E-state index in [1.807, 2.05) is 18.2 Å². The number of aromatic nitrogens is 3. The van der Waals surface area contributed by atoms with Crippen molar-refractivity contribution in [2.24, 2.45) is 0 Å². The van der Waals surface area contributed by atoms with E-state index in [1.165, 1.54) is 38.9 Å². The molecule has 0 saturated heterocycles. The van der Waals surface area contributed by atoms with Crippen molar-refractivity contribution in [3.63, 3.8) is 0 Å². The first kappa shape index (κ1) is 25.7. The molecule has 0 N–H and O–H groups in total. The molecule has 2 bridgehead atoms. The summed E-state index contributed by atoms with van der Waals surface area (Å²) in [6.07, 6.45) is 6.33. The first-order valence-electron chi connectivity index (χ1n) is 16.0. The zero-order valence-electron chi connectivity index (χ0n) is 25.4. The van der Waals surface area contributed by atoms with E-state index in [0.717, 1.165) is 46.5 Å². The Kier molecular flexibility index (Phi) is 5.14. The van der Waals surface area contributed by atoms with Crippen LogP contribution in [0.4, 0.5) is 0 Å². The van der Waals surface area contributed by atoms with Crippen LogP contribution in [0.1, 0.15) is 63.9 Å². The Bertz CT molecular complexity index is 2280. The quantitative estimate of drug-likeness (QED) is 0.206. The molecule has 0 amide bonds. The fraction of sp³-hybridized carbons (Fsp3) is 0.119. The van der Waals surface area contributed by atoms with Crippen LogP contribution in [0, 0.1) is 0 Å². The summed E-state index contributed by atoms with van der Waals surface area (Å²) in [5.41, 5.74) is 10.5. The van der Waals surface area contributed by atoms with Crippen molar-refractivity contribution in [1.82, 2.24) is 15.0 Å². The minimum atomic E-state index is -0.721. The van der Waals surface area contributed by atoms with Crippen molar-refractivity contribution in [2.45, 2.75) is 30.6 Å². The van der Waals surface area contributed by atoms with Crippen LogP contribution in [0.3, 0.4) is 0 Å². The van der Waals surface area contributed by atoms with Crippen molar-refractivity contribution in [1.29, 1.82) is 0 Å². The molecule has 0 saturated carbocycles. The second-order valence-electron chi connectivity index (χ2n) is 12.8. The topological polar surface area (TPSA) is 51.8 Å². The molecule has 2 aromatic heterocycles. The number of aryl methyl sites for hydroxylation is 1. The molecule has 4 nitrogen and oxygen atoms in total. The van der Waals surface area contributed by atoms with Crippen molar-refractivity contribution in [2.75, 3.05) is 0 Å². The standard InChI is InChI=1S/C42H29N3O/c1-41-30-16-6-9-19-33(30)42(34-20-10-7-17-31(34)41,35-21-11-8-18-32(35)41)40-44-38(26-13-3-2-4-14-26)43-39(45-40)27-23-24-29-28-15-5-12-22-36(28)46-37(29)25-27/h2-11,13-21,23-25H,12,22H2,1H3. The Morgan fingerprint density at radius 2 is 1.15 bits per heavy atom. The lowest BCUT2D eigenvalue weighted by atomic mass is 9.47. The molecular weight excluding hydrogens is 562 g/mol. The fourth-order valence-electron chi connectivity index (χ4n) is 8.45. The molecule has 7 aromatic rings. The molecule has 4 heteroatoms. The number of rotatable bonds is 3. The molecule has 4 aliphatic carbocycles. The molecule has 0 aliphatic heterocycles. The highest BCUT2D eigenvalue weighted by atomic mass is 16.3. The third-order valence-electron chi connectivity index (χ3n) is 10.5. The van der Waals surface area contributed by atoms with Gasteiger partial charge in [0.2, 0.25) is 0 Å². The van der Waals surface area contributed by atoms with Gasteiger partial charge in [-0.25, -0.2) is 15.0 Å². The number of hydrogen-bond acceptors (Lipinski definition) is 4. The Morgan fingerprint density at radius 1 is 0.587 bits per heavy atom. The molecule has 11 rings (SSSR count). The van der Waals surface area contributed by atoms with Gasteiger partial charge in [-0.2, -0.15) is 0 Å². The minimum absolute atomic E-state index is 0.290. The van der Waals surface area contributed by atoms with Crippen LogP contribution in [0.15, 0.2) is 132 Å².